The average Bonchev–Trinajstić information content (AvgIpc) is 3.37. The van der Waals surface area contributed by atoms with Crippen molar-refractivity contribution in [1.82, 2.24) is 4.90 Å². The van der Waals surface area contributed by atoms with Crippen LogP contribution in [0.2, 0.25) is 0 Å². The van der Waals surface area contributed by atoms with E-state index in [1.165, 1.54) is 37.1 Å². The number of allylic oxidation sites excluding steroid dienone is 1. The number of hydrogen-bond acceptors (Lipinski definition) is 4. The Bertz CT molecular complexity index is 1260. The van der Waals surface area contributed by atoms with Gasteiger partial charge in [0.25, 0.3) is 5.91 Å². The van der Waals surface area contributed by atoms with Gasteiger partial charge in [0.15, 0.2) is 0 Å². The zero-order valence-electron chi connectivity index (χ0n) is 21.5. The summed E-state index contributed by atoms with van der Waals surface area (Å²) in [6, 6.07) is 24.8. The molecule has 5 heteroatoms. The number of aryl methyl sites for hydroxylation is 1. The fourth-order valence-corrected chi connectivity index (χ4v) is 4.88. The highest BCUT2D eigenvalue weighted by Gasteiger charge is 2.17. The minimum Gasteiger partial charge on any atom is -0.493 e. The Morgan fingerprint density at radius 3 is 2.43 bits per heavy atom. The Balaban J connectivity index is 1.17. The third-order valence-electron chi connectivity index (χ3n) is 7.01. The molecule has 190 valence electrons. The van der Waals surface area contributed by atoms with Crippen LogP contribution < -0.4 is 10.2 Å². The molecule has 1 amide bonds. The maximum Gasteiger partial charge on any atom is 0.258 e. The van der Waals surface area contributed by atoms with Gasteiger partial charge in [0, 0.05) is 43.2 Å². The Hall–Kier alpha value is -3.83. The maximum absolute atomic E-state index is 13.1. The van der Waals surface area contributed by atoms with Gasteiger partial charge in [-0.3, -0.25) is 9.69 Å². The molecule has 0 unspecified atom stereocenters. The van der Waals surface area contributed by atoms with Crippen molar-refractivity contribution in [1.29, 1.82) is 0 Å². The molecule has 5 rings (SSSR count). The molecule has 1 fully saturated rings. The molecule has 0 spiro atoms. The summed E-state index contributed by atoms with van der Waals surface area (Å²) < 4.78 is 6.03. The van der Waals surface area contributed by atoms with Crippen LogP contribution in [0.4, 0.5) is 11.4 Å². The number of nitrogens with zero attached hydrogens (tertiary/aromatic N) is 2. The van der Waals surface area contributed by atoms with Crippen LogP contribution in [-0.2, 0) is 16.1 Å². The van der Waals surface area contributed by atoms with Crippen LogP contribution in [0.15, 0.2) is 96.9 Å². The normalized spacial score (nSPS) is 16.0. The summed E-state index contributed by atoms with van der Waals surface area (Å²) in [7, 11) is 0. The van der Waals surface area contributed by atoms with Gasteiger partial charge < -0.3 is 15.0 Å². The summed E-state index contributed by atoms with van der Waals surface area (Å²) in [6.45, 7) is 6.94. The highest BCUT2D eigenvalue weighted by Crippen LogP contribution is 2.26. The zero-order valence-corrected chi connectivity index (χ0v) is 21.5. The molecular formula is C32H35N3O2. The topological polar surface area (TPSA) is 44.8 Å². The van der Waals surface area contributed by atoms with Crippen LogP contribution in [0, 0.1) is 6.92 Å². The first-order valence-corrected chi connectivity index (χ1v) is 13.2. The molecule has 0 radical (unpaired) electrons. The predicted molar refractivity (Wildman–Crippen MR) is 151 cm³/mol. The maximum atomic E-state index is 13.1. The number of likely N-dealkylation sites (tertiary alicyclic amines) is 1. The van der Waals surface area contributed by atoms with Crippen molar-refractivity contribution in [2.45, 2.75) is 32.8 Å². The number of anilines is 2. The lowest BCUT2D eigenvalue weighted by Crippen LogP contribution is -2.26. The lowest BCUT2D eigenvalue weighted by atomic mass is 10.0. The first kappa shape index (κ1) is 24.8. The number of carbonyl (C=O) groups excluding carboxylic acids is 1. The van der Waals surface area contributed by atoms with Gasteiger partial charge in [-0.25, -0.2) is 0 Å². The molecule has 2 aliphatic heterocycles. The first-order valence-electron chi connectivity index (χ1n) is 13.2. The quantitative estimate of drug-likeness (QED) is 0.369. The van der Waals surface area contributed by atoms with Gasteiger partial charge in [-0.2, -0.15) is 0 Å². The molecule has 1 saturated heterocycles. The van der Waals surface area contributed by atoms with E-state index >= 15 is 0 Å². The summed E-state index contributed by atoms with van der Waals surface area (Å²) in [6.07, 6.45) is 8.64. The van der Waals surface area contributed by atoms with Crippen molar-refractivity contribution in [3.8, 4) is 11.1 Å². The number of nitrogens with one attached hydrogen (secondary N) is 1. The molecule has 0 aliphatic carbocycles. The van der Waals surface area contributed by atoms with Crippen molar-refractivity contribution in [3.63, 3.8) is 0 Å². The minimum atomic E-state index is -0.0997. The van der Waals surface area contributed by atoms with Crippen molar-refractivity contribution in [2.75, 3.05) is 36.4 Å². The van der Waals surface area contributed by atoms with Crippen LogP contribution >= 0.6 is 0 Å². The average molecular weight is 494 g/mol. The Labute approximate surface area is 220 Å². The molecule has 2 aliphatic rings. The second-order valence-corrected chi connectivity index (χ2v) is 9.73. The summed E-state index contributed by atoms with van der Waals surface area (Å²) >= 11 is 0. The van der Waals surface area contributed by atoms with E-state index in [4.69, 9.17) is 4.74 Å². The molecule has 2 heterocycles. The SMILES string of the molecule is Cc1cc(N2C=CCC(OCc3ccc(-c4ccccc4)cc3)=CC2=O)ccc1NCCN1CCCC1. The minimum absolute atomic E-state index is 0.0997. The van der Waals surface area contributed by atoms with Gasteiger partial charge >= 0.3 is 0 Å². The molecule has 1 N–H and O–H groups in total. The van der Waals surface area contributed by atoms with Gasteiger partial charge in [0.1, 0.15) is 12.4 Å². The molecule has 0 aromatic heterocycles. The number of hydrogen-bond donors (Lipinski definition) is 1. The predicted octanol–water partition coefficient (Wildman–Crippen LogP) is 6.52. The smallest absolute Gasteiger partial charge is 0.258 e. The van der Waals surface area contributed by atoms with Crippen LogP contribution in [0.3, 0.4) is 0 Å². The van der Waals surface area contributed by atoms with E-state index in [9.17, 15) is 4.79 Å². The summed E-state index contributed by atoms with van der Waals surface area (Å²) in [5.41, 5.74) is 6.54. The number of amides is 1. The van der Waals surface area contributed by atoms with E-state index in [-0.39, 0.29) is 5.91 Å². The van der Waals surface area contributed by atoms with Crippen molar-refractivity contribution >= 4 is 17.3 Å². The Kier molecular flexibility index (Phi) is 8.02. The van der Waals surface area contributed by atoms with E-state index in [1.54, 1.807) is 11.0 Å². The largest absolute Gasteiger partial charge is 0.493 e. The van der Waals surface area contributed by atoms with Gasteiger partial charge in [-0.1, -0.05) is 60.7 Å². The van der Waals surface area contributed by atoms with Gasteiger partial charge in [0.05, 0.1) is 0 Å². The number of benzene rings is 3. The summed E-state index contributed by atoms with van der Waals surface area (Å²) in [4.78, 5) is 17.2. The first-order chi connectivity index (χ1) is 18.2. The second kappa shape index (κ2) is 11.9. The number of rotatable bonds is 9. The van der Waals surface area contributed by atoms with Crippen molar-refractivity contribution in [3.05, 3.63) is 108 Å². The van der Waals surface area contributed by atoms with Gasteiger partial charge in [-0.15, -0.1) is 0 Å². The summed E-state index contributed by atoms with van der Waals surface area (Å²) in [5.74, 6) is 0.574. The van der Waals surface area contributed by atoms with Crippen LogP contribution in [0.25, 0.3) is 11.1 Å². The van der Waals surface area contributed by atoms with E-state index in [1.807, 2.05) is 36.5 Å². The van der Waals surface area contributed by atoms with E-state index in [0.717, 1.165) is 35.6 Å². The monoisotopic (exact) mass is 493 g/mol. The van der Waals surface area contributed by atoms with Crippen molar-refractivity contribution < 1.29 is 9.53 Å². The molecule has 5 nitrogen and oxygen atoms in total. The molecule has 0 bridgehead atoms. The van der Waals surface area contributed by atoms with Crippen molar-refractivity contribution in [2.24, 2.45) is 0 Å². The van der Waals surface area contributed by atoms with Gasteiger partial charge in [0.2, 0.25) is 0 Å². The fourth-order valence-electron chi connectivity index (χ4n) is 4.88. The molecule has 37 heavy (non-hydrogen) atoms. The molecule has 3 aromatic carbocycles. The van der Waals surface area contributed by atoms with E-state index in [2.05, 4.69) is 65.7 Å². The second-order valence-electron chi connectivity index (χ2n) is 9.73. The number of ether oxygens (including phenoxy) is 1. The lowest BCUT2D eigenvalue weighted by molar-refractivity contribution is -0.113. The summed E-state index contributed by atoms with van der Waals surface area (Å²) in [5, 5.41) is 3.55. The highest BCUT2D eigenvalue weighted by molar-refractivity contribution is 6.03. The third kappa shape index (κ3) is 6.49. The van der Waals surface area contributed by atoms with E-state index in [0.29, 0.717) is 18.8 Å². The molecule has 3 aromatic rings. The Morgan fingerprint density at radius 1 is 0.919 bits per heavy atom. The molecule has 0 saturated carbocycles. The lowest BCUT2D eigenvalue weighted by Gasteiger charge is -2.19. The van der Waals surface area contributed by atoms with E-state index < -0.39 is 0 Å². The Morgan fingerprint density at radius 2 is 1.68 bits per heavy atom. The van der Waals surface area contributed by atoms with Gasteiger partial charge in [-0.05, 0) is 73.3 Å². The third-order valence-corrected chi connectivity index (χ3v) is 7.01. The van der Waals surface area contributed by atoms with Crippen LogP contribution in [-0.4, -0.2) is 37.0 Å². The highest BCUT2D eigenvalue weighted by atomic mass is 16.5. The van der Waals surface area contributed by atoms with Crippen LogP contribution in [0.1, 0.15) is 30.4 Å². The fraction of sp³-hybridized carbons (Fsp3) is 0.281. The number of carbonyl (C=O) groups is 1. The molecular weight excluding hydrogens is 458 g/mol. The molecule has 0 atom stereocenters. The standard InChI is InChI=1S/C32H35N3O2/c1-25-22-29(15-16-31(25)33-17-21-34-18-5-6-19-34)35-20-7-10-30(23-32(35)36)37-24-26-11-13-28(14-12-26)27-8-3-2-4-9-27/h2-4,7-9,11-16,20,22-23,33H,5-6,10,17-19,21,24H2,1H3. The van der Waals surface area contributed by atoms with Crippen LogP contribution in [0.5, 0.6) is 0 Å². The zero-order chi connectivity index (χ0) is 25.5.